The lowest BCUT2D eigenvalue weighted by atomic mass is 9.95. The van der Waals surface area contributed by atoms with Crippen molar-refractivity contribution in [3.05, 3.63) is 65.7 Å². The normalized spacial score (nSPS) is 22.4. The third-order valence-corrected chi connectivity index (χ3v) is 7.54. The van der Waals surface area contributed by atoms with Crippen LogP contribution in [-0.2, 0) is 38.6 Å². The topological polar surface area (TPSA) is 126 Å². The van der Waals surface area contributed by atoms with E-state index in [0.29, 0.717) is 0 Å². The van der Waals surface area contributed by atoms with Crippen LogP contribution in [0.5, 0.6) is 0 Å². The van der Waals surface area contributed by atoms with Gasteiger partial charge in [-0.15, -0.1) is 0 Å². The lowest BCUT2D eigenvalue weighted by molar-refractivity contribution is -0.190. The van der Waals surface area contributed by atoms with Crippen molar-refractivity contribution in [2.24, 2.45) is 0 Å². The summed E-state index contributed by atoms with van der Waals surface area (Å²) in [6.07, 6.45) is -3.86. The highest BCUT2D eigenvalue weighted by Gasteiger charge is 2.53. The minimum absolute atomic E-state index is 0.00477. The van der Waals surface area contributed by atoms with E-state index in [1.165, 1.54) is 31.4 Å². The van der Waals surface area contributed by atoms with E-state index in [2.05, 4.69) is 0 Å². The van der Waals surface area contributed by atoms with Crippen molar-refractivity contribution in [1.29, 1.82) is 0 Å². The molecular weight excluding hydrogens is 490 g/mol. The smallest absolute Gasteiger partial charge is 0.338 e. The Bertz CT molecular complexity index is 1180. The van der Waals surface area contributed by atoms with Gasteiger partial charge in [0, 0.05) is 21.0 Å². The summed E-state index contributed by atoms with van der Waals surface area (Å²) in [4.78, 5) is 36.9. The number of benzene rings is 2. The summed E-state index contributed by atoms with van der Waals surface area (Å²) in [5, 5.41) is 0. The highest BCUT2D eigenvalue weighted by molar-refractivity contribution is 7.89. The fourth-order valence-electron chi connectivity index (χ4n) is 4.05. The number of nitrogens with zero attached hydrogens (tertiary/aromatic N) is 1. The first-order valence-corrected chi connectivity index (χ1v) is 12.7. The molecular formula is C25H29NO9S. The number of sulfonamides is 1. The zero-order valence-electron chi connectivity index (χ0n) is 20.4. The number of hydrogen-bond acceptors (Lipinski definition) is 9. The molecule has 0 bridgehead atoms. The number of rotatable bonds is 8. The van der Waals surface area contributed by atoms with E-state index in [9.17, 15) is 22.8 Å². The Balaban J connectivity index is 2.11. The maximum absolute atomic E-state index is 13.7. The molecule has 1 fully saturated rings. The van der Waals surface area contributed by atoms with Gasteiger partial charge in [-0.05, 0) is 31.2 Å². The molecule has 1 aliphatic rings. The van der Waals surface area contributed by atoms with Crippen LogP contribution in [0.25, 0.3) is 0 Å². The van der Waals surface area contributed by atoms with Crippen LogP contribution in [-0.4, -0.2) is 75.2 Å². The number of ether oxygens (including phenoxy) is 4. The summed E-state index contributed by atoms with van der Waals surface area (Å²) in [6.45, 7) is 3.59. The summed E-state index contributed by atoms with van der Waals surface area (Å²) in [5.41, 5.74) is 1.07. The Morgan fingerprint density at radius 1 is 0.889 bits per heavy atom. The molecule has 4 atom stereocenters. The van der Waals surface area contributed by atoms with Crippen LogP contribution in [0.1, 0.15) is 29.8 Å². The molecule has 1 saturated heterocycles. The molecule has 36 heavy (non-hydrogen) atoms. The Kier molecular flexibility index (Phi) is 8.83. The Labute approximate surface area is 210 Å². The van der Waals surface area contributed by atoms with E-state index in [0.717, 1.165) is 23.7 Å². The van der Waals surface area contributed by atoms with Crippen molar-refractivity contribution in [2.45, 2.75) is 50.0 Å². The van der Waals surface area contributed by atoms with E-state index in [1.807, 2.05) is 6.92 Å². The second kappa shape index (κ2) is 11.6. The molecule has 0 unspecified atom stereocenters. The summed E-state index contributed by atoms with van der Waals surface area (Å²) in [7, 11) is -2.81. The maximum atomic E-state index is 13.7. The number of hydrogen-bond donors (Lipinski definition) is 0. The molecule has 0 aromatic heterocycles. The van der Waals surface area contributed by atoms with Crippen molar-refractivity contribution in [3.8, 4) is 0 Å². The van der Waals surface area contributed by atoms with Crippen LogP contribution < -0.4 is 0 Å². The lowest BCUT2D eigenvalue weighted by Gasteiger charge is -2.46. The first-order valence-electron chi connectivity index (χ1n) is 11.2. The monoisotopic (exact) mass is 519 g/mol. The van der Waals surface area contributed by atoms with Crippen molar-refractivity contribution in [3.63, 3.8) is 0 Å². The van der Waals surface area contributed by atoms with Crippen molar-refractivity contribution < 1.29 is 41.7 Å². The SMILES string of the molecule is COC[C@H]1[C@H](OC(=O)c2ccccc2)[C@@H](OC(C)=O)[C@@H](OC(C)=O)CN1S(=O)(=O)c1ccc(C)cc1. The van der Waals surface area contributed by atoms with E-state index in [-0.39, 0.29) is 23.6 Å². The summed E-state index contributed by atoms with van der Waals surface area (Å²) >= 11 is 0. The molecule has 0 radical (unpaired) electrons. The number of methoxy groups -OCH3 is 1. The van der Waals surface area contributed by atoms with Crippen LogP contribution in [0.2, 0.25) is 0 Å². The molecule has 0 N–H and O–H groups in total. The van der Waals surface area contributed by atoms with Crippen LogP contribution in [0.4, 0.5) is 0 Å². The second-order valence-corrected chi connectivity index (χ2v) is 10.3. The van der Waals surface area contributed by atoms with E-state index < -0.39 is 52.3 Å². The highest BCUT2D eigenvalue weighted by Crippen LogP contribution is 2.32. The molecule has 10 nitrogen and oxygen atoms in total. The van der Waals surface area contributed by atoms with Gasteiger partial charge in [0.2, 0.25) is 10.0 Å². The molecule has 11 heteroatoms. The largest absolute Gasteiger partial charge is 0.457 e. The summed E-state index contributed by atoms with van der Waals surface area (Å²) in [5.74, 6) is -2.21. The van der Waals surface area contributed by atoms with Crippen LogP contribution in [0.15, 0.2) is 59.5 Å². The van der Waals surface area contributed by atoms with Crippen LogP contribution >= 0.6 is 0 Å². The lowest BCUT2D eigenvalue weighted by Crippen LogP contribution is -2.66. The summed E-state index contributed by atoms with van der Waals surface area (Å²) in [6, 6.07) is 13.2. The van der Waals surface area contributed by atoms with Gasteiger partial charge in [-0.1, -0.05) is 35.9 Å². The molecule has 0 aliphatic carbocycles. The van der Waals surface area contributed by atoms with Crippen LogP contribution in [0, 0.1) is 6.92 Å². The predicted molar refractivity (Wildman–Crippen MR) is 127 cm³/mol. The quantitative estimate of drug-likeness (QED) is 0.381. The average Bonchev–Trinajstić information content (AvgIpc) is 2.82. The van der Waals surface area contributed by atoms with Gasteiger partial charge in [-0.2, -0.15) is 4.31 Å². The highest BCUT2D eigenvalue weighted by atomic mass is 32.2. The van der Waals surface area contributed by atoms with E-state index in [4.69, 9.17) is 18.9 Å². The number of esters is 3. The first kappa shape index (κ1) is 27.3. The third kappa shape index (κ3) is 6.28. The van der Waals surface area contributed by atoms with Gasteiger partial charge in [-0.3, -0.25) is 9.59 Å². The standard InChI is InChI=1S/C25H29NO9S/c1-16-10-12-20(13-11-16)36(30,31)26-14-22(33-17(2)27)24(34-18(3)28)23(21(26)15-32-4)35-25(29)19-8-6-5-7-9-19/h5-13,21-24H,14-15H2,1-4H3/t21-,22-,23-,24-/m0/s1. The van der Waals surface area contributed by atoms with Crippen LogP contribution in [0.3, 0.4) is 0 Å². The molecule has 2 aromatic carbocycles. The molecule has 0 amide bonds. The molecule has 2 aromatic rings. The maximum Gasteiger partial charge on any atom is 0.338 e. The molecule has 1 aliphatic heterocycles. The van der Waals surface area contributed by atoms with Gasteiger partial charge in [0.1, 0.15) is 0 Å². The van der Waals surface area contributed by atoms with Crippen molar-refractivity contribution >= 4 is 27.9 Å². The predicted octanol–water partition coefficient (Wildman–Crippen LogP) is 2.10. The molecule has 0 spiro atoms. The Hall–Kier alpha value is -3.28. The molecule has 0 saturated carbocycles. The number of aryl methyl sites for hydroxylation is 1. The summed E-state index contributed by atoms with van der Waals surface area (Å²) < 4.78 is 50.4. The Morgan fingerprint density at radius 2 is 1.50 bits per heavy atom. The fourth-order valence-corrected chi connectivity index (χ4v) is 5.68. The van der Waals surface area contributed by atoms with Gasteiger partial charge >= 0.3 is 17.9 Å². The molecule has 1 heterocycles. The van der Waals surface area contributed by atoms with Crippen molar-refractivity contribution in [2.75, 3.05) is 20.3 Å². The van der Waals surface area contributed by atoms with Gasteiger partial charge in [0.15, 0.2) is 18.3 Å². The Morgan fingerprint density at radius 3 is 2.06 bits per heavy atom. The third-order valence-electron chi connectivity index (χ3n) is 5.64. The molecule has 3 rings (SSSR count). The fraction of sp³-hybridized carbons (Fsp3) is 0.400. The average molecular weight is 520 g/mol. The minimum atomic E-state index is -4.17. The van der Waals surface area contributed by atoms with Crippen molar-refractivity contribution in [1.82, 2.24) is 4.31 Å². The van der Waals surface area contributed by atoms with Gasteiger partial charge < -0.3 is 18.9 Å². The molecule has 194 valence electrons. The number of carbonyl (C=O) groups is 3. The van der Waals surface area contributed by atoms with Gasteiger partial charge in [-0.25, -0.2) is 13.2 Å². The zero-order chi connectivity index (χ0) is 26.5. The van der Waals surface area contributed by atoms with Gasteiger partial charge in [0.25, 0.3) is 0 Å². The van der Waals surface area contributed by atoms with Gasteiger partial charge in [0.05, 0.1) is 29.7 Å². The zero-order valence-corrected chi connectivity index (χ0v) is 21.3. The minimum Gasteiger partial charge on any atom is -0.457 e. The second-order valence-electron chi connectivity index (χ2n) is 8.37. The number of piperidine rings is 1. The first-order chi connectivity index (χ1) is 17.0. The van der Waals surface area contributed by atoms with E-state index >= 15 is 0 Å². The van der Waals surface area contributed by atoms with E-state index in [1.54, 1.807) is 30.3 Å². The number of carbonyl (C=O) groups excluding carboxylic acids is 3.